The molecule has 118 valence electrons. The van der Waals surface area contributed by atoms with E-state index in [1.165, 1.54) is 4.90 Å². The summed E-state index contributed by atoms with van der Waals surface area (Å²) in [5.41, 5.74) is 3.02. The largest absolute Gasteiger partial charge is 0.395 e. The third kappa shape index (κ3) is 3.31. The highest BCUT2D eigenvalue weighted by Crippen LogP contribution is 2.20. The topological polar surface area (TPSA) is 58.4 Å². The van der Waals surface area contributed by atoms with Gasteiger partial charge in [0.15, 0.2) is 0 Å². The van der Waals surface area contributed by atoms with Crippen LogP contribution in [0.3, 0.4) is 0 Å². The predicted octanol–water partition coefficient (Wildman–Crippen LogP) is 2.27. The van der Waals surface area contributed by atoms with Gasteiger partial charge in [-0.2, -0.15) is 5.10 Å². The number of aryl methyl sites for hydroxylation is 1. The molecule has 0 saturated heterocycles. The second-order valence-corrected chi connectivity index (χ2v) is 5.65. The summed E-state index contributed by atoms with van der Waals surface area (Å²) < 4.78 is 1.79. The third-order valence-electron chi connectivity index (χ3n) is 3.66. The number of carbonyl (C=O) groups excluding carboxylic acids is 1. The third-order valence-corrected chi connectivity index (χ3v) is 4.02. The molecule has 1 heterocycles. The second kappa shape index (κ2) is 6.94. The van der Waals surface area contributed by atoms with Crippen LogP contribution in [0.5, 0.6) is 0 Å². The summed E-state index contributed by atoms with van der Waals surface area (Å²) in [5, 5.41) is 14.1. The lowest BCUT2D eigenvalue weighted by atomic mass is 10.1. The summed E-state index contributed by atoms with van der Waals surface area (Å²) in [7, 11) is 1.67. The molecule has 0 aliphatic rings. The lowest BCUT2D eigenvalue weighted by molar-refractivity contribution is 0.0765. The first-order chi connectivity index (χ1) is 10.5. The number of carbonyl (C=O) groups is 1. The lowest BCUT2D eigenvalue weighted by Gasteiger charge is -2.16. The van der Waals surface area contributed by atoms with Crippen LogP contribution in [0.1, 0.15) is 27.3 Å². The van der Waals surface area contributed by atoms with E-state index in [4.69, 9.17) is 16.7 Å². The first kappa shape index (κ1) is 16.5. The lowest BCUT2D eigenvalue weighted by Crippen LogP contribution is -2.30. The first-order valence-corrected chi connectivity index (χ1v) is 7.47. The summed E-state index contributed by atoms with van der Waals surface area (Å²) in [5.74, 6) is -0.130. The standard InChI is InChI=1S/C16H20ClN3O2/c1-11-15(16(22)19(3)8-9-21)12(2)20(18-11)10-13-6-4-5-7-14(13)17/h4-7,21H,8-10H2,1-3H3. The van der Waals surface area contributed by atoms with E-state index in [2.05, 4.69) is 5.10 Å². The Balaban J connectivity index is 2.31. The van der Waals surface area contributed by atoms with E-state index in [1.54, 1.807) is 11.7 Å². The maximum Gasteiger partial charge on any atom is 0.257 e. The van der Waals surface area contributed by atoms with Crippen LogP contribution < -0.4 is 0 Å². The number of hydrogen-bond acceptors (Lipinski definition) is 3. The summed E-state index contributed by atoms with van der Waals surface area (Å²) in [6.45, 7) is 4.44. The minimum absolute atomic E-state index is 0.0614. The highest BCUT2D eigenvalue weighted by molar-refractivity contribution is 6.31. The average Bonchev–Trinajstić information content (AvgIpc) is 2.75. The van der Waals surface area contributed by atoms with E-state index < -0.39 is 0 Å². The normalized spacial score (nSPS) is 10.8. The second-order valence-electron chi connectivity index (χ2n) is 5.25. The molecule has 6 heteroatoms. The van der Waals surface area contributed by atoms with Gasteiger partial charge in [-0.05, 0) is 25.5 Å². The molecule has 1 aromatic carbocycles. The van der Waals surface area contributed by atoms with Crippen LogP contribution >= 0.6 is 11.6 Å². The molecule has 0 spiro atoms. The molecule has 1 N–H and O–H groups in total. The molecule has 2 rings (SSSR count). The van der Waals surface area contributed by atoms with E-state index in [1.807, 2.05) is 38.1 Å². The van der Waals surface area contributed by atoms with Crippen molar-refractivity contribution in [2.45, 2.75) is 20.4 Å². The van der Waals surface area contributed by atoms with Crippen molar-refractivity contribution >= 4 is 17.5 Å². The molecule has 0 atom stereocenters. The minimum atomic E-state index is -0.130. The van der Waals surface area contributed by atoms with Crippen LogP contribution in [0.25, 0.3) is 0 Å². The van der Waals surface area contributed by atoms with E-state index in [-0.39, 0.29) is 12.5 Å². The molecular formula is C16H20ClN3O2. The van der Waals surface area contributed by atoms with Crippen molar-refractivity contribution in [3.8, 4) is 0 Å². The molecule has 2 aromatic rings. The van der Waals surface area contributed by atoms with Crippen LogP contribution in [0, 0.1) is 13.8 Å². The number of hydrogen-bond donors (Lipinski definition) is 1. The first-order valence-electron chi connectivity index (χ1n) is 7.09. The van der Waals surface area contributed by atoms with E-state index in [0.717, 1.165) is 11.3 Å². The molecule has 0 unspecified atom stereocenters. The fourth-order valence-corrected chi connectivity index (χ4v) is 2.59. The predicted molar refractivity (Wildman–Crippen MR) is 86.3 cm³/mol. The maximum absolute atomic E-state index is 12.4. The van der Waals surface area contributed by atoms with Gasteiger partial charge in [0.25, 0.3) is 5.91 Å². The highest BCUT2D eigenvalue weighted by atomic mass is 35.5. The quantitative estimate of drug-likeness (QED) is 0.919. The molecule has 0 aliphatic heterocycles. The van der Waals surface area contributed by atoms with Gasteiger partial charge in [0.2, 0.25) is 0 Å². The van der Waals surface area contributed by atoms with Gasteiger partial charge in [-0.15, -0.1) is 0 Å². The number of halogens is 1. The van der Waals surface area contributed by atoms with Crippen molar-refractivity contribution < 1.29 is 9.90 Å². The maximum atomic E-state index is 12.4. The Morgan fingerprint density at radius 2 is 2.05 bits per heavy atom. The van der Waals surface area contributed by atoms with Gasteiger partial charge in [-0.1, -0.05) is 29.8 Å². The van der Waals surface area contributed by atoms with Gasteiger partial charge in [-0.3, -0.25) is 9.48 Å². The van der Waals surface area contributed by atoms with Crippen LogP contribution in [0.4, 0.5) is 0 Å². The van der Waals surface area contributed by atoms with Crippen molar-refractivity contribution in [2.24, 2.45) is 0 Å². The Kier molecular flexibility index (Phi) is 5.21. The number of rotatable bonds is 5. The van der Waals surface area contributed by atoms with Gasteiger partial charge in [0.1, 0.15) is 0 Å². The zero-order chi connectivity index (χ0) is 16.3. The molecule has 0 radical (unpaired) electrons. The Morgan fingerprint density at radius 1 is 1.36 bits per heavy atom. The van der Waals surface area contributed by atoms with E-state index in [0.29, 0.717) is 29.4 Å². The number of amides is 1. The molecule has 0 aliphatic carbocycles. The number of nitrogens with zero attached hydrogens (tertiary/aromatic N) is 3. The number of likely N-dealkylation sites (N-methyl/N-ethyl adjacent to an activating group) is 1. The summed E-state index contributed by atoms with van der Waals surface area (Å²) >= 11 is 6.18. The van der Waals surface area contributed by atoms with Crippen molar-refractivity contribution in [3.63, 3.8) is 0 Å². The van der Waals surface area contributed by atoms with Crippen molar-refractivity contribution in [1.82, 2.24) is 14.7 Å². The van der Waals surface area contributed by atoms with E-state index in [9.17, 15) is 4.79 Å². The van der Waals surface area contributed by atoms with E-state index >= 15 is 0 Å². The number of aliphatic hydroxyl groups excluding tert-OH is 1. The summed E-state index contributed by atoms with van der Waals surface area (Å²) in [6, 6.07) is 7.58. The smallest absolute Gasteiger partial charge is 0.257 e. The van der Waals surface area contributed by atoms with Gasteiger partial charge >= 0.3 is 0 Å². The van der Waals surface area contributed by atoms with Crippen LogP contribution in [-0.2, 0) is 6.54 Å². The molecular weight excluding hydrogens is 302 g/mol. The van der Waals surface area contributed by atoms with Crippen molar-refractivity contribution in [2.75, 3.05) is 20.2 Å². The monoisotopic (exact) mass is 321 g/mol. The van der Waals surface area contributed by atoms with Gasteiger partial charge in [0, 0.05) is 24.3 Å². The van der Waals surface area contributed by atoms with Gasteiger partial charge < -0.3 is 10.0 Å². The molecule has 0 saturated carbocycles. The SMILES string of the molecule is Cc1nn(Cc2ccccc2Cl)c(C)c1C(=O)N(C)CCO. The molecule has 0 fully saturated rings. The molecule has 22 heavy (non-hydrogen) atoms. The Labute approximate surface area is 135 Å². The zero-order valence-corrected chi connectivity index (χ0v) is 13.8. The fourth-order valence-electron chi connectivity index (χ4n) is 2.39. The molecule has 5 nitrogen and oxygen atoms in total. The number of aromatic nitrogens is 2. The van der Waals surface area contributed by atoms with Crippen molar-refractivity contribution in [1.29, 1.82) is 0 Å². The van der Waals surface area contributed by atoms with Crippen molar-refractivity contribution in [3.05, 3.63) is 51.8 Å². The Morgan fingerprint density at radius 3 is 2.68 bits per heavy atom. The Hall–Kier alpha value is -1.85. The molecule has 1 aromatic heterocycles. The van der Waals surface area contributed by atoms with Crippen LogP contribution in [0.15, 0.2) is 24.3 Å². The van der Waals surface area contributed by atoms with Crippen LogP contribution in [-0.4, -0.2) is 45.9 Å². The number of benzene rings is 1. The highest BCUT2D eigenvalue weighted by Gasteiger charge is 2.21. The summed E-state index contributed by atoms with van der Waals surface area (Å²) in [4.78, 5) is 13.9. The summed E-state index contributed by atoms with van der Waals surface area (Å²) in [6.07, 6.45) is 0. The van der Waals surface area contributed by atoms with Crippen LogP contribution in [0.2, 0.25) is 5.02 Å². The zero-order valence-electron chi connectivity index (χ0n) is 13.0. The minimum Gasteiger partial charge on any atom is -0.395 e. The Bertz CT molecular complexity index is 682. The molecule has 1 amide bonds. The average molecular weight is 322 g/mol. The van der Waals surface area contributed by atoms with Gasteiger partial charge in [0.05, 0.1) is 24.4 Å². The van der Waals surface area contributed by atoms with Gasteiger partial charge in [-0.25, -0.2) is 0 Å². The molecule has 0 bridgehead atoms. The number of aliphatic hydroxyl groups is 1. The fraction of sp³-hybridized carbons (Fsp3) is 0.375.